The van der Waals surface area contributed by atoms with Gasteiger partial charge in [-0.3, -0.25) is 4.90 Å². The fourth-order valence-electron chi connectivity index (χ4n) is 3.75. The number of aliphatic hydroxyl groups is 1. The summed E-state index contributed by atoms with van der Waals surface area (Å²) in [5.74, 6) is 0. The number of aliphatic hydroxyl groups excluding tert-OH is 1. The maximum absolute atomic E-state index is 8.96. The van der Waals surface area contributed by atoms with Crippen LogP contribution in [-0.4, -0.2) is 42.9 Å². The van der Waals surface area contributed by atoms with Crippen LogP contribution >= 0.6 is 0 Å². The summed E-state index contributed by atoms with van der Waals surface area (Å²) in [6.45, 7) is 6.79. The molecule has 1 aliphatic rings. The van der Waals surface area contributed by atoms with Crippen molar-refractivity contribution < 1.29 is 22.4 Å². The van der Waals surface area contributed by atoms with Gasteiger partial charge >= 0.3 is 0 Å². The first-order chi connectivity index (χ1) is 12.4. The van der Waals surface area contributed by atoms with Gasteiger partial charge in [-0.2, -0.15) is 0 Å². The Labute approximate surface area is 169 Å². The molecule has 0 saturated carbocycles. The molecule has 26 heavy (non-hydrogen) atoms. The molecule has 1 fully saturated rings. The average Bonchev–Trinajstić information content (AvgIpc) is 3.06. The highest BCUT2D eigenvalue weighted by atomic mass is 35.5. The molecule has 0 aromatic carbocycles. The van der Waals surface area contributed by atoms with Crippen molar-refractivity contribution in [3.63, 3.8) is 0 Å². The van der Waals surface area contributed by atoms with Gasteiger partial charge in [-0.05, 0) is 18.9 Å². The van der Waals surface area contributed by atoms with Crippen molar-refractivity contribution in [2.24, 2.45) is 0 Å². The Bertz CT molecular complexity index is 313. The normalized spacial score (nSPS) is 17.8. The van der Waals surface area contributed by atoms with E-state index in [9.17, 15) is 0 Å². The third-order valence-electron chi connectivity index (χ3n) is 5.42. The van der Waals surface area contributed by atoms with Gasteiger partial charge in [-0.1, -0.05) is 84.0 Å². The van der Waals surface area contributed by atoms with Crippen LogP contribution in [0.15, 0.2) is 12.3 Å². The lowest BCUT2D eigenvalue weighted by Gasteiger charge is -2.10. The van der Waals surface area contributed by atoms with Crippen molar-refractivity contribution in [1.82, 2.24) is 4.90 Å². The van der Waals surface area contributed by atoms with E-state index in [1.807, 2.05) is 0 Å². The van der Waals surface area contributed by atoms with Gasteiger partial charge in [0.25, 0.3) is 0 Å². The van der Waals surface area contributed by atoms with Crippen LogP contribution in [0, 0.1) is 0 Å². The molecule has 1 saturated heterocycles. The largest absolute Gasteiger partial charge is 1.00 e. The zero-order valence-corrected chi connectivity index (χ0v) is 18.1. The molecule has 4 heteroatoms. The van der Waals surface area contributed by atoms with Gasteiger partial charge in [-0.25, -0.2) is 4.90 Å². The van der Waals surface area contributed by atoms with Crippen LogP contribution in [0.25, 0.3) is 0 Å². The summed E-state index contributed by atoms with van der Waals surface area (Å²) in [4.78, 5) is 3.88. The van der Waals surface area contributed by atoms with Crippen LogP contribution in [0.3, 0.4) is 0 Å². The monoisotopic (exact) mass is 388 g/mol. The molecular formula is C22H45ClN2O. The number of β-amino-alcohol motifs (C(OH)–C–C–N with tert-alkyl or cyclic N) is 1. The Hall–Kier alpha value is -0.0900. The summed E-state index contributed by atoms with van der Waals surface area (Å²) in [6, 6.07) is 0. The standard InChI is InChI=1S/C22H44N2O.ClH/c1-2-3-4-5-6-7-8-9-10-11-12-13-14-15-16-17-23-18-19-24(22-23)20-21-25;/h16-17,25H,2-15,18-22H2,1H3;1H/b17-16-;. The Morgan fingerprint density at radius 3 is 1.92 bits per heavy atom. The SMILES string of the molecule is CCCCCCCCCCCCCCC/C=C\[NH+]1CCN(CCO)C1.[Cl-]. The molecule has 1 atom stereocenters. The van der Waals surface area contributed by atoms with E-state index in [2.05, 4.69) is 24.1 Å². The van der Waals surface area contributed by atoms with Gasteiger partial charge in [0.05, 0.1) is 25.9 Å². The van der Waals surface area contributed by atoms with Gasteiger partial charge in [0, 0.05) is 6.54 Å². The van der Waals surface area contributed by atoms with Gasteiger partial charge in [0.15, 0.2) is 0 Å². The van der Waals surface area contributed by atoms with E-state index in [0.717, 1.165) is 19.8 Å². The molecule has 2 N–H and O–H groups in total. The number of nitrogens with zero attached hydrogens (tertiary/aromatic N) is 1. The summed E-state index contributed by atoms with van der Waals surface area (Å²) < 4.78 is 0. The third kappa shape index (κ3) is 15.0. The molecule has 1 aliphatic heterocycles. The molecule has 0 aromatic rings. The maximum Gasteiger partial charge on any atom is 0.138 e. The Morgan fingerprint density at radius 1 is 0.846 bits per heavy atom. The Balaban J connectivity index is 0.00000625. The minimum Gasteiger partial charge on any atom is -1.00 e. The van der Waals surface area contributed by atoms with Crippen molar-refractivity contribution in [2.75, 3.05) is 32.9 Å². The molecule has 1 unspecified atom stereocenters. The van der Waals surface area contributed by atoms with Crippen LogP contribution in [0.2, 0.25) is 0 Å². The number of quaternary nitrogens is 1. The summed E-state index contributed by atoms with van der Waals surface area (Å²) in [5.41, 5.74) is 0. The van der Waals surface area contributed by atoms with E-state index in [1.54, 1.807) is 4.90 Å². The summed E-state index contributed by atoms with van der Waals surface area (Å²) >= 11 is 0. The highest BCUT2D eigenvalue weighted by Crippen LogP contribution is 2.12. The quantitative estimate of drug-likeness (QED) is 0.366. The average molecular weight is 389 g/mol. The molecular weight excluding hydrogens is 344 g/mol. The highest BCUT2D eigenvalue weighted by Gasteiger charge is 2.20. The lowest BCUT2D eigenvalue weighted by atomic mass is 10.0. The fraction of sp³-hybridized carbons (Fsp3) is 0.909. The number of hydrogen-bond donors (Lipinski definition) is 2. The molecule has 0 amide bonds. The van der Waals surface area contributed by atoms with Gasteiger partial charge in [0.1, 0.15) is 6.67 Å². The summed E-state index contributed by atoms with van der Waals surface area (Å²) in [6.07, 6.45) is 24.5. The van der Waals surface area contributed by atoms with E-state index in [4.69, 9.17) is 5.11 Å². The smallest absolute Gasteiger partial charge is 0.138 e. The van der Waals surface area contributed by atoms with Gasteiger partial charge in [0.2, 0.25) is 0 Å². The number of halogens is 1. The van der Waals surface area contributed by atoms with Crippen LogP contribution in [-0.2, 0) is 0 Å². The molecule has 0 aromatic heterocycles. The van der Waals surface area contributed by atoms with E-state index < -0.39 is 0 Å². The van der Waals surface area contributed by atoms with Crippen molar-refractivity contribution in [1.29, 1.82) is 0 Å². The lowest BCUT2D eigenvalue weighted by molar-refractivity contribution is -0.838. The second kappa shape index (κ2) is 19.7. The molecule has 156 valence electrons. The zero-order chi connectivity index (χ0) is 18.0. The molecule has 1 rings (SSSR count). The molecule has 1 heterocycles. The lowest BCUT2D eigenvalue weighted by Crippen LogP contribution is -3.06. The third-order valence-corrected chi connectivity index (χ3v) is 5.42. The topological polar surface area (TPSA) is 27.9 Å². The summed E-state index contributed by atoms with van der Waals surface area (Å²) in [7, 11) is 0. The molecule has 3 nitrogen and oxygen atoms in total. The molecule has 0 spiro atoms. The van der Waals surface area contributed by atoms with Crippen molar-refractivity contribution >= 4 is 0 Å². The van der Waals surface area contributed by atoms with Crippen LogP contribution < -0.4 is 17.3 Å². The van der Waals surface area contributed by atoms with Crippen molar-refractivity contribution in [2.45, 2.75) is 96.8 Å². The van der Waals surface area contributed by atoms with E-state index in [0.29, 0.717) is 0 Å². The first-order valence-corrected chi connectivity index (χ1v) is 11.2. The predicted octanol–water partition coefficient (Wildman–Crippen LogP) is 1.14. The maximum atomic E-state index is 8.96. The van der Waals surface area contributed by atoms with E-state index in [-0.39, 0.29) is 19.0 Å². The van der Waals surface area contributed by atoms with Crippen LogP contribution in [0.4, 0.5) is 0 Å². The number of unbranched alkanes of at least 4 members (excludes halogenated alkanes) is 13. The minimum absolute atomic E-state index is 0. The Morgan fingerprint density at radius 2 is 1.38 bits per heavy atom. The number of hydrogen-bond acceptors (Lipinski definition) is 2. The molecule has 0 radical (unpaired) electrons. The first kappa shape index (κ1) is 25.9. The summed E-state index contributed by atoms with van der Waals surface area (Å²) in [5, 5.41) is 8.96. The van der Waals surface area contributed by atoms with Crippen molar-refractivity contribution in [3.8, 4) is 0 Å². The van der Waals surface area contributed by atoms with Crippen LogP contribution in [0.1, 0.15) is 96.8 Å². The van der Waals surface area contributed by atoms with Crippen molar-refractivity contribution in [3.05, 3.63) is 12.3 Å². The second-order valence-corrected chi connectivity index (χ2v) is 7.84. The zero-order valence-electron chi connectivity index (χ0n) is 17.4. The predicted molar refractivity (Wildman–Crippen MR) is 109 cm³/mol. The first-order valence-electron chi connectivity index (χ1n) is 11.2. The Kier molecular flexibility index (Phi) is 19.6. The number of nitrogens with one attached hydrogen (secondary N) is 1. The minimum atomic E-state index is 0. The van der Waals surface area contributed by atoms with Gasteiger partial charge < -0.3 is 17.5 Å². The number of rotatable bonds is 17. The van der Waals surface area contributed by atoms with E-state index >= 15 is 0 Å². The van der Waals surface area contributed by atoms with Gasteiger partial charge in [-0.15, -0.1) is 0 Å². The van der Waals surface area contributed by atoms with Crippen LogP contribution in [0.5, 0.6) is 0 Å². The highest BCUT2D eigenvalue weighted by molar-refractivity contribution is 4.73. The fourth-order valence-corrected chi connectivity index (χ4v) is 3.75. The second-order valence-electron chi connectivity index (χ2n) is 7.84. The number of allylic oxidation sites excluding steroid dienone is 1. The molecule has 0 aliphatic carbocycles. The van der Waals surface area contributed by atoms with E-state index in [1.165, 1.54) is 96.4 Å². The molecule has 0 bridgehead atoms.